The molecule has 0 radical (unpaired) electrons. The highest BCUT2D eigenvalue weighted by atomic mass is 35.5. The van der Waals surface area contributed by atoms with Gasteiger partial charge in [0, 0.05) is 12.6 Å². The smallest absolute Gasteiger partial charge is 0.253 e. The first-order valence-electron chi connectivity index (χ1n) is 5.45. The predicted molar refractivity (Wildman–Crippen MR) is 69.5 cm³/mol. The minimum absolute atomic E-state index is 0.162. The van der Waals surface area contributed by atoms with Gasteiger partial charge in [-0.15, -0.1) is 11.3 Å². The van der Waals surface area contributed by atoms with Gasteiger partial charge in [0.2, 0.25) is 0 Å². The van der Waals surface area contributed by atoms with Gasteiger partial charge >= 0.3 is 0 Å². The summed E-state index contributed by atoms with van der Waals surface area (Å²) in [4.78, 5) is 0. The van der Waals surface area contributed by atoms with Crippen molar-refractivity contribution in [3.8, 4) is 0 Å². The molecule has 1 saturated heterocycles. The van der Waals surface area contributed by atoms with Crippen LogP contribution in [0.3, 0.4) is 0 Å². The molecule has 1 N–H and O–H groups in total. The maximum absolute atomic E-state index is 12.4. The molecule has 0 aromatic carbocycles. The molecule has 2 atom stereocenters. The number of nitrogens with zero attached hydrogens (tertiary/aromatic N) is 1. The maximum Gasteiger partial charge on any atom is 0.253 e. The summed E-state index contributed by atoms with van der Waals surface area (Å²) in [5, 5.41) is 9.07. The van der Waals surface area contributed by atoms with Crippen LogP contribution in [0.15, 0.2) is 16.3 Å². The van der Waals surface area contributed by atoms with Crippen molar-refractivity contribution in [2.45, 2.75) is 23.3 Å². The number of ether oxygens (including phenoxy) is 1. The Morgan fingerprint density at radius 2 is 2.33 bits per heavy atom. The van der Waals surface area contributed by atoms with Crippen molar-refractivity contribution in [2.24, 2.45) is 0 Å². The highest BCUT2D eigenvalue weighted by Crippen LogP contribution is 2.30. The van der Waals surface area contributed by atoms with Gasteiger partial charge in [-0.05, 0) is 19.1 Å². The normalized spacial score (nSPS) is 26.4. The number of halogens is 1. The standard InChI is InChI=1S/C10H14ClNO4S2/c1-7-6-16-8(5-13)4-12(7)18(14,15)10-3-2-9(11)17-10/h2-3,7-8,13H,4-6H2,1H3. The van der Waals surface area contributed by atoms with Gasteiger partial charge in [-0.3, -0.25) is 0 Å². The average molecular weight is 312 g/mol. The number of sulfonamides is 1. The molecule has 1 aromatic heterocycles. The summed E-state index contributed by atoms with van der Waals surface area (Å²) in [5.74, 6) is 0. The molecular formula is C10H14ClNO4S2. The molecule has 8 heteroatoms. The Hall–Kier alpha value is -0.180. The summed E-state index contributed by atoms with van der Waals surface area (Å²) in [6, 6.07) is 2.81. The summed E-state index contributed by atoms with van der Waals surface area (Å²) in [6.07, 6.45) is -0.466. The van der Waals surface area contributed by atoms with Gasteiger partial charge in [0.1, 0.15) is 4.21 Å². The lowest BCUT2D eigenvalue weighted by Crippen LogP contribution is -2.51. The van der Waals surface area contributed by atoms with Gasteiger partial charge in [0.05, 0.1) is 23.7 Å². The van der Waals surface area contributed by atoms with Gasteiger partial charge in [0.25, 0.3) is 10.0 Å². The molecule has 1 fully saturated rings. The zero-order chi connectivity index (χ0) is 13.3. The molecule has 0 saturated carbocycles. The van der Waals surface area contributed by atoms with E-state index in [1.807, 2.05) is 0 Å². The molecule has 2 rings (SSSR count). The molecule has 0 bridgehead atoms. The van der Waals surface area contributed by atoms with Crippen LogP contribution in [0.1, 0.15) is 6.92 Å². The van der Waals surface area contributed by atoms with E-state index in [4.69, 9.17) is 21.4 Å². The second-order valence-electron chi connectivity index (χ2n) is 4.12. The van der Waals surface area contributed by atoms with E-state index < -0.39 is 16.1 Å². The summed E-state index contributed by atoms with van der Waals surface area (Å²) in [7, 11) is -3.56. The molecule has 0 aliphatic carbocycles. The first-order chi connectivity index (χ1) is 8.45. The van der Waals surface area contributed by atoms with Crippen LogP contribution >= 0.6 is 22.9 Å². The number of aliphatic hydroxyl groups is 1. The summed E-state index contributed by atoms with van der Waals surface area (Å²) >= 11 is 6.80. The van der Waals surface area contributed by atoms with Crippen LogP contribution in [0.25, 0.3) is 0 Å². The van der Waals surface area contributed by atoms with E-state index >= 15 is 0 Å². The molecule has 1 aliphatic rings. The second-order valence-corrected chi connectivity index (χ2v) is 7.95. The minimum atomic E-state index is -3.56. The minimum Gasteiger partial charge on any atom is -0.394 e. The van der Waals surface area contributed by atoms with E-state index in [0.717, 1.165) is 11.3 Å². The first kappa shape index (κ1) is 14.2. The van der Waals surface area contributed by atoms with Crippen molar-refractivity contribution in [1.29, 1.82) is 0 Å². The number of aliphatic hydroxyl groups excluding tert-OH is 1. The summed E-state index contributed by atoms with van der Waals surface area (Å²) in [5.41, 5.74) is 0. The average Bonchev–Trinajstić information content (AvgIpc) is 2.77. The fraction of sp³-hybridized carbons (Fsp3) is 0.600. The van der Waals surface area contributed by atoms with Gasteiger partial charge in [0.15, 0.2) is 0 Å². The molecule has 0 amide bonds. The Morgan fingerprint density at radius 1 is 1.61 bits per heavy atom. The van der Waals surface area contributed by atoms with Crippen molar-refractivity contribution < 1.29 is 18.3 Å². The fourth-order valence-corrected chi connectivity index (χ4v) is 5.05. The Kier molecular flexibility index (Phi) is 4.30. The Bertz CT molecular complexity index is 516. The Labute approximate surface area is 115 Å². The van der Waals surface area contributed by atoms with Gasteiger partial charge < -0.3 is 9.84 Å². The number of morpholine rings is 1. The molecule has 1 aromatic rings. The maximum atomic E-state index is 12.4. The number of hydrogen-bond acceptors (Lipinski definition) is 5. The molecule has 0 spiro atoms. The van der Waals surface area contributed by atoms with Crippen molar-refractivity contribution in [2.75, 3.05) is 19.8 Å². The third kappa shape index (κ3) is 2.71. The van der Waals surface area contributed by atoms with Crippen molar-refractivity contribution in [3.05, 3.63) is 16.5 Å². The monoisotopic (exact) mass is 311 g/mol. The van der Waals surface area contributed by atoms with E-state index in [9.17, 15) is 8.42 Å². The molecule has 5 nitrogen and oxygen atoms in total. The Balaban J connectivity index is 2.28. The highest BCUT2D eigenvalue weighted by Gasteiger charge is 2.36. The van der Waals surface area contributed by atoms with Crippen molar-refractivity contribution in [1.82, 2.24) is 4.31 Å². The molecule has 102 valence electrons. The zero-order valence-corrected chi connectivity index (χ0v) is 12.1. The summed E-state index contributed by atoms with van der Waals surface area (Å²) in [6.45, 7) is 2.03. The number of rotatable bonds is 3. The summed E-state index contributed by atoms with van der Waals surface area (Å²) < 4.78 is 32.2. The van der Waals surface area contributed by atoms with Crippen LogP contribution in [-0.2, 0) is 14.8 Å². The third-order valence-electron chi connectivity index (χ3n) is 2.76. The Morgan fingerprint density at radius 3 is 2.89 bits per heavy atom. The van der Waals surface area contributed by atoms with E-state index in [2.05, 4.69) is 0 Å². The zero-order valence-electron chi connectivity index (χ0n) is 9.74. The van der Waals surface area contributed by atoms with Crippen molar-refractivity contribution in [3.63, 3.8) is 0 Å². The van der Waals surface area contributed by atoms with Crippen LogP contribution in [0, 0.1) is 0 Å². The molecule has 18 heavy (non-hydrogen) atoms. The molecule has 2 heterocycles. The van der Waals surface area contributed by atoms with Gasteiger partial charge in [-0.1, -0.05) is 11.6 Å². The first-order valence-corrected chi connectivity index (χ1v) is 8.08. The van der Waals surface area contributed by atoms with Gasteiger partial charge in [-0.2, -0.15) is 4.31 Å². The highest BCUT2D eigenvalue weighted by molar-refractivity contribution is 7.91. The predicted octanol–water partition coefficient (Wildman–Crippen LogP) is 1.17. The molecule has 2 unspecified atom stereocenters. The SMILES string of the molecule is CC1COC(CO)CN1S(=O)(=O)c1ccc(Cl)s1. The van der Waals surface area contributed by atoms with Crippen LogP contribution in [0.4, 0.5) is 0 Å². The van der Waals surface area contributed by atoms with E-state index in [0.29, 0.717) is 4.34 Å². The van der Waals surface area contributed by atoms with Crippen LogP contribution in [-0.4, -0.2) is 49.7 Å². The lowest BCUT2D eigenvalue weighted by atomic mass is 10.2. The third-order valence-corrected chi connectivity index (χ3v) is 6.44. The molecule has 1 aliphatic heterocycles. The lowest BCUT2D eigenvalue weighted by Gasteiger charge is -2.35. The largest absolute Gasteiger partial charge is 0.394 e. The van der Waals surface area contributed by atoms with Crippen LogP contribution in [0.2, 0.25) is 4.34 Å². The van der Waals surface area contributed by atoms with Crippen LogP contribution < -0.4 is 0 Å². The van der Waals surface area contributed by atoms with E-state index in [1.54, 1.807) is 13.0 Å². The molecular weight excluding hydrogens is 298 g/mol. The van der Waals surface area contributed by atoms with Crippen molar-refractivity contribution >= 4 is 33.0 Å². The quantitative estimate of drug-likeness (QED) is 0.910. The van der Waals surface area contributed by atoms with Gasteiger partial charge in [-0.25, -0.2) is 8.42 Å². The van der Waals surface area contributed by atoms with E-state index in [1.165, 1.54) is 10.4 Å². The number of thiophene rings is 1. The number of hydrogen-bond donors (Lipinski definition) is 1. The van der Waals surface area contributed by atoms with E-state index in [-0.39, 0.29) is 30.0 Å². The van der Waals surface area contributed by atoms with Crippen LogP contribution in [0.5, 0.6) is 0 Å². The topological polar surface area (TPSA) is 66.8 Å². The fourth-order valence-electron chi connectivity index (χ4n) is 1.79. The second kappa shape index (κ2) is 5.44. The lowest BCUT2D eigenvalue weighted by molar-refractivity contribution is -0.0515.